The molecule has 3 aliphatic rings. The summed E-state index contributed by atoms with van der Waals surface area (Å²) < 4.78 is 0. The van der Waals surface area contributed by atoms with Gasteiger partial charge in [0.25, 0.3) is 0 Å². The van der Waals surface area contributed by atoms with Crippen LogP contribution in [-0.4, -0.2) is 60.7 Å². The average Bonchev–Trinajstić information content (AvgIpc) is 3.57. The normalized spacial score (nSPS) is 19.5. The Labute approximate surface area is 276 Å². The molecule has 1 aromatic carbocycles. The maximum absolute atomic E-state index is 8.89. The fraction of sp³-hybridized carbons (Fsp3) is 0.526. The van der Waals surface area contributed by atoms with Gasteiger partial charge in [-0.3, -0.25) is 0 Å². The summed E-state index contributed by atoms with van der Waals surface area (Å²) in [5, 5.41) is 23.7. The Hall–Kier alpha value is -3.78. The van der Waals surface area contributed by atoms with Crippen molar-refractivity contribution >= 4 is 17.1 Å². The van der Waals surface area contributed by atoms with Gasteiger partial charge in [0.15, 0.2) is 0 Å². The molecule has 248 valence electrons. The second-order valence-corrected chi connectivity index (χ2v) is 14.0. The Balaban J connectivity index is 0.000000617. The van der Waals surface area contributed by atoms with E-state index in [1.54, 1.807) is 6.92 Å². The van der Waals surface area contributed by atoms with Gasteiger partial charge in [0.05, 0.1) is 6.10 Å². The van der Waals surface area contributed by atoms with E-state index in [0.29, 0.717) is 11.9 Å². The molecule has 1 atom stereocenters. The van der Waals surface area contributed by atoms with E-state index in [1.165, 1.54) is 60.1 Å². The maximum Gasteiger partial charge on any atom is 0.210 e. The molecule has 2 aliphatic carbocycles. The van der Waals surface area contributed by atoms with Gasteiger partial charge < -0.3 is 14.9 Å². The van der Waals surface area contributed by atoms with E-state index < -0.39 is 0 Å². The van der Waals surface area contributed by atoms with Crippen LogP contribution in [0.2, 0.25) is 0 Å². The topological polar surface area (TPSA) is 93.5 Å². The van der Waals surface area contributed by atoms with Crippen LogP contribution >= 0.6 is 0 Å². The monoisotopic (exact) mass is 625 g/mol. The van der Waals surface area contributed by atoms with Crippen molar-refractivity contribution in [3.05, 3.63) is 89.2 Å². The van der Waals surface area contributed by atoms with Gasteiger partial charge in [-0.2, -0.15) is 5.21 Å². The molecule has 2 aromatic rings. The zero-order chi connectivity index (χ0) is 33.4. The molecule has 1 aromatic heterocycles. The molecule has 0 spiro atoms. The number of benzene rings is 1. The second kappa shape index (κ2) is 15.7. The number of nitrogens with one attached hydrogen (secondary N) is 1. The highest BCUT2D eigenvalue weighted by Crippen LogP contribution is 2.38. The first-order chi connectivity index (χ1) is 21.9. The standard InChI is InChI=1S/C32H41N7.C6H14O/c1-6-12-30-29(23(4)39(26-13-8-7-9-14-26)32(38(30)5)33-22(2)3)21-24-17-19-25(20-18-24)27-15-10-11-16-28(27)31-34-36-37-35-31;1-5(7)6(2,3)4/h15-20,26H,2,4,6-14,21H2,1,3,5H3,(H,34,35,36,37);5,7H,1-4H3. The van der Waals surface area contributed by atoms with E-state index in [9.17, 15) is 0 Å². The SMILES string of the molecule is C=C(C)N=C1N(C)C(CCC)=C(Cc2ccc(C3=CCCC=C3c3nn[nH]n3)cc2)C(=C)N1C1CCCCC1.CC(O)C(C)(C)C. The summed E-state index contributed by atoms with van der Waals surface area (Å²) in [6.07, 6.45) is 15.4. The fourth-order valence-corrected chi connectivity index (χ4v) is 6.14. The number of H-pyrrole nitrogens is 1. The van der Waals surface area contributed by atoms with Gasteiger partial charge in [0.1, 0.15) is 0 Å². The Kier molecular flexibility index (Phi) is 12.0. The van der Waals surface area contributed by atoms with Gasteiger partial charge in [0, 0.05) is 42.2 Å². The summed E-state index contributed by atoms with van der Waals surface area (Å²) in [7, 11) is 2.17. The largest absolute Gasteiger partial charge is 0.393 e. The van der Waals surface area contributed by atoms with Crippen molar-refractivity contribution in [3.63, 3.8) is 0 Å². The highest BCUT2D eigenvalue weighted by Gasteiger charge is 2.36. The van der Waals surface area contributed by atoms with E-state index in [1.807, 2.05) is 27.7 Å². The molecule has 0 amide bonds. The molecule has 1 fully saturated rings. The van der Waals surface area contributed by atoms with E-state index in [-0.39, 0.29) is 11.5 Å². The smallest absolute Gasteiger partial charge is 0.210 e. The van der Waals surface area contributed by atoms with E-state index >= 15 is 0 Å². The van der Waals surface area contributed by atoms with Crippen molar-refractivity contribution in [1.29, 1.82) is 0 Å². The van der Waals surface area contributed by atoms with Gasteiger partial charge in [-0.15, -0.1) is 10.2 Å². The van der Waals surface area contributed by atoms with Crippen molar-refractivity contribution in [2.45, 2.75) is 118 Å². The minimum Gasteiger partial charge on any atom is -0.393 e. The van der Waals surface area contributed by atoms with Crippen LogP contribution in [0.5, 0.6) is 0 Å². The molecule has 1 aliphatic heterocycles. The number of aromatic amines is 1. The lowest BCUT2D eigenvalue weighted by atomic mass is 9.89. The second-order valence-electron chi connectivity index (χ2n) is 14.0. The van der Waals surface area contributed by atoms with Gasteiger partial charge in [-0.25, -0.2) is 4.99 Å². The summed E-state index contributed by atoms with van der Waals surface area (Å²) in [5.41, 5.74) is 9.30. The molecular formula is C38H55N7O. The number of aliphatic imine (C=N–C) groups is 1. The third-order valence-corrected chi connectivity index (χ3v) is 9.26. The number of aliphatic hydroxyl groups is 1. The van der Waals surface area contributed by atoms with E-state index in [0.717, 1.165) is 55.0 Å². The first kappa shape index (κ1) is 35.1. The molecule has 0 bridgehead atoms. The summed E-state index contributed by atoms with van der Waals surface area (Å²) in [4.78, 5) is 9.67. The van der Waals surface area contributed by atoms with Crippen molar-refractivity contribution in [2.24, 2.45) is 10.4 Å². The number of rotatable bonds is 8. The molecular weight excluding hydrogens is 570 g/mol. The molecule has 5 rings (SSSR count). The molecule has 1 unspecified atom stereocenters. The van der Waals surface area contributed by atoms with E-state index in [2.05, 4.69) is 87.4 Å². The van der Waals surface area contributed by atoms with Crippen LogP contribution in [-0.2, 0) is 6.42 Å². The van der Waals surface area contributed by atoms with Gasteiger partial charge in [-0.05, 0) is 78.9 Å². The molecule has 8 nitrogen and oxygen atoms in total. The van der Waals surface area contributed by atoms with Crippen molar-refractivity contribution in [1.82, 2.24) is 30.4 Å². The molecule has 8 heteroatoms. The number of allylic oxidation sites excluding steroid dienone is 7. The van der Waals surface area contributed by atoms with Crippen molar-refractivity contribution in [2.75, 3.05) is 7.05 Å². The minimum absolute atomic E-state index is 0.0556. The Morgan fingerprint density at radius 2 is 1.72 bits per heavy atom. The number of aromatic nitrogens is 4. The lowest BCUT2D eigenvalue weighted by molar-refractivity contribution is 0.0801. The van der Waals surface area contributed by atoms with Crippen LogP contribution in [0, 0.1) is 5.41 Å². The first-order valence-electron chi connectivity index (χ1n) is 17.0. The maximum atomic E-state index is 8.89. The average molecular weight is 626 g/mol. The molecule has 0 radical (unpaired) electrons. The molecule has 0 saturated heterocycles. The zero-order valence-electron chi connectivity index (χ0n) is 29.2. The zero-order valence-corrected chi connectivity index (χ0v) is 29.2. The van der Waals surface area contributed by atoms with Gasteiger partial charge in [0.2, 0.25) is 11.8 Å². The lowest BCUT2D eigenvalue weighted by Gasteiger charge is -2.46. The Bertz CT molecular complexity index is 1460. The van der Waals surface area contributed by atoms with Crippen LogP contribution in [0.1, 0.15) is 116 Å². The highest BCUT2D eigenvalue weighted by atomic mass is 16.3. The number of aliphatic hydroxyl groups excluding tert-OH is 1. The quantitative estimate of drug-likeness (QED) is 0.306. The van der Waals surface area contributed by atoms with Crippen molar-refractivity contribution < 1.29 is 5.11 Å². The van der Waals surface area contributed by atoms with Crippen LogP contribution in [0.15, 0.2) is 77.2 Å². The van der Waals surface area contributed by atoms with Crippen LogP contribution in [0.25, 0.3) is 11.1 Å². The third-order valence-electron chi connectivity index (χ3n) is 9.26. The lowest BCUT2D eigenvalue weighted by Crippen LogP contribution is -2.51. The highest BCUT2D eigenvalue weighted by molar-refractivity contribution is 6.03. The molecule has 1 saturated carbocycles. The molecule has 2 heterocycles. The van der Waals surface area contributed by atoms with E-state index in [4.69, 9.17) is 16.7 Å². The van der Waals surface area contributed by atoms with Crippen molar-refractivity contribution in [3.8, 4) is 0 Å². The molecule has 2 N–H and O–H groups in total. The van der Waals surface area contributed by atoms with Crippen LogP contribution in [0.4, 0.5) is 0 Å². The third kappa shape index (κ3) is 8.52. The van der Waals surface area contributed by atoms with Gasteiger partial charge >= 0.3 is 0 Å². The summed E-state index contributed by atoms with van der Waals surface area (Å²) >= 11 is 0. The molecule has 46 heavy (non-hydrogen) atoms. The summed E-state index contributed by atoms with van der Waals surface area (Å²) in [6.45, 7) is 20.9. The Morgan fingerprint density at radius 1 is 1.09 bits per heavy atom. The number of nitrogens with zero attached hydrogens (tertiary/aromatic N) is 6. The predicted molar refractivity (Wildman–Crippen MR) is 190 cm³/mol. The summed E-state index contributed by atoms with van der Waals surface area (Å²) in [5.74, 6) is 1.63. The minimum atomic E-state index is -0.201. The number of guanidine groups is 1. The number of hydrogen-bond donors (Lipinski definition) is 2. The fourth-order valence-electron chi connectivity index (χ4n) is 6.14. The first-order valence-corrected chi connectivity index (χ1v) is 17.0. The van der Waals surface area contributed by atoms with Crippen LogP contribution < -0.4 is 0 Å². The van der Waals surface area contributed by atoms with Gasteiger partial charge in [-0.1, -0.05) is 103 Å². The number of tetrazole rings is 1. The van der Waals surface area contributed by atoms with Crippen LogP contribution in [0.3, 0.4) is 0 Å². The summed E-state index contributed by atoms with van der Waals surface area (Å²) in [6, 6.07) is 9.39. The Morgan fingerprint density at radius 3 is 2.26 bits per heavy atom. The number of hydrogen-bond acceptors (Lipinski definition) is 5. The predicted octanol–water partition coefficient (Wildman–Crippen LogP) is 8.45.